The number of aromatic nitrogens is 3. The van der Waals surface area contributed by atoms with Crippen LogP contribution in [0.1, 0.15) is 27.4 Å². The lowest BCUT2D eigenvalue weighted by Gasteiger charge is -2.10. The standard InChI is InChI=1S/C16H15N3O3/c1-8-7-17-13(9(2)15(8)22-3)14(21)16-18-11-5-4-10(20)6-12(11)19-16/h4-7,20H,1-3H3,(H,18,19). The van der Waals surface area contributed by atoms with Gasteiger partial charge in [0.05, 0.1) is 18.1 Å². The number of nitrogens with zero attached hydrogens (tertiary/aromatic N) is 2. The van der Waals surface area contributed by atoms with E-state index in [1.165, 1.54) is 12.1 Å². The number of hydrogen-bond donors (Lipinski definition) is 2. The molecule has 0 unspecified atom stereocenters. The van der Waals surface area contributed by atoms with Crippen molar-refractivity contribution in [3.05, 3.63) is 47.0 Å². The summed E-state index contributed by atoms with van der Waals surface area (Å²) in [4.78, 5) is 24.0. The number of carbonyl (C=O) groups excluding carboxylic acids is 1. The summed E-state index contributed by atoms with van der Waals surface area (Å²) < 4.78 is 5.32. The quantitative estimate of drug-likeness (QED) is 0.725. The lowest BCUT2D eigenvalue weighted by atomic mass is 10.1. The number of carbonyl (C=O) groups is 1. The van der Waals surface area contributed by atoms with E-state index < -0.39 is 0 Å². The second-order valence-corrected chi connectivity index (χ2v) is 5.06. The Labute approximate surface area is 126 Å². The number of methoxy groups -OCH3 is 1. The van der Waals surface area contributed by atoms with Gasteiger partial charge in [-0.25, -0.2) is 4.98 Å². The monoisotopic (exact) mass is 297 g/mol. The number of hydrogen-bond acceptors (Lipinski definition) is 5. The largest absolute Gasteiger partial charge is 0.508 e. The Morgan fingerprint density at radius 3 is 2.82 bits per heavy atom. The number of aromatic amines is 1. The molecule has 6 heteroatoms. The number of benzene rings is 1. The third-order valence-corrected chi connectivity index (χ3v) is 3.54. The first kappa shape index (κ1) is 14.1. The zero-order valence-electron chi connectivity index (χ0n) is 12.5. The van der Waals surface area contributed by atoms with Crippen LogP contribution >= 0.6 is 0 Å². The number of H-pyrrole nitrogens is 1. The molecule has 2 aromatic heterocycles. The molecule has 0 fully saturated rings. The van der Waals surface area contributed by atoms with Gasteiger partial charge in [-0.1, -0.05) is 0 Å². The molecule has 0 spiro atoms. The van der Waals surface area contributed by atoms with Gasteiger partial charge in [0.15, 0.2) is 5.82 Å². The molecule has 0 bridgehead atoms. The maximum absolute atomic E-state index is 12.6. The van der Waals surface area contributed by atoms with Crippen molar-refractivity contribution in [2.75, 3.05) is 7.11 Å². The van der Waals surface area contributed by atoms with E-state index in [4.69, 9.17) is 4.74 Å². The van der Waals surface area contributed by atoms with Gasteiger partial charge >= 0.3 is 0 Å². The van der Waals surface area contributed by atoms with Gasteiger partial charge in [0.2, 0.25) is 5.78 Å². The minimum absolute atomic E-state index is 0.112. The number of aryl methyl sites for hydroxylation is 1. The fraction of sp³-hybridized carbons (Fsp3) is 0.188. The first-order valence-electron chi connectivity index (χ1n) is 6.75. The molecule has 1 aromatic carbocycles. The summed E-state index contributed by atoms with van der Waals surface area (Å²) in [7, 11) is 1.56. The molecule has 22 heavy (non-hydrogen) atoms. The molecule has 6 nitrogen and oxygen atoms in total. The molecule has 3 aromatic rings. The highest BCUT2D eigenvalue weighted by Crippen LogP contribution is 2.26. The Morgan fingerprint density at radius 1 is 1.32 bits per heavy atom. The van der Waals surface area contributed by atoms with Gasteiger partial charge in [0.1, 0.15) is 17.2 Å². The van der Waals surface area contributed by atoms with Crippen molar-refractivity contribution in [3.8, 4) is 11.5 Å². The molecule has 0 amide bonds. The molecule has 3 rings (SSSR count). The van der Waals surface area contributed by atoms with Gasteiger partial charge in [-0.05, 0) is 26.0 Å². The predicted molar refractivity (Wildman–Crippen MR) is 81.5 cm³/mol. The summed E-state index contributed by atoms with van der Waals surface area (Å²) in [6, 6.07) is 4.69. The van der Waals surface area contributed by atoms with E-state index in [2.05, 4.69) is 15.0 Å². The van der Waals surface area contributed by atoms with E-state index in [-0.39, 0.29) is 17.4 Å². The minimum Gasteiger partial charge on any atom is -0.508 e. The Hall–Kier alpha value is -2.89. The first-order valence-corrected chi connectivity index (χ1v) is 6.75. The van der Waals surface area contributed by atoms with Crippen molar-refractivity contribution in [2.45, 2.75) is 13.8 Å². The van der Waals surface area contributed by atoms with Crippen molar-refractivity contribution >= 4 is 16.8 Å². The molecule has 0 aliphatic carbocycles. The molecule has 0 saturated carbocycles. The van der Waals surface area contributed by atoms with E-state index in [9.17, 15) is 9.90 Å². The molecule has 0 aliphatic rings. The number of imidazole rings is 1. The zero-order valence-corrected chi connectivity index (χ0v) is 12.5. The van der Waals surface area contributed by atoms with E-state index in [0.29, 0.717) is 28.0 Å². The topological polar surface area (TPSA) is 88.1 Å². The van der Waals surface area contributed by atoms with Gasteiger partial charge in [-0.2, -0.15) is 0 Å². The average Bonchev–Trinajstić information content (AvgIpc) is 2.90. The summed E-state index contributed by atoms with van der Waals surface area (Å²) in [6.45, 7) is 3.66. The SMILES string of the molecule is COc1c(C)cnc(C(=O)c2nc3ccc(O)cc3[nH]2)c1C. The fourth-order valence-electron chi connectivity index (χ4n) is 2.48. The number of ketones is 1. The van der Waals surface area contributed by atoms with Crippen molar-refractivity contribution < 1.29 is 14.6 Å². The lowest BCUT2D eigenvalue weighted by molar-refractivity contribution is 0.102. The minimum atomic E-state index is -0.313. The van der Waals surface area contributed by atoms with Gasteiger partial charge in [-0.15, -0.1) is 0 Å². The van der Waals surface area contributed by atoms with Crippen LogP contribution in [-0.4, -0.2) is 33.0 Å². The summed E-state index contributed by atoms with van der Waals surface area (Å²) >= 11 is 0. The Kier molecular flexibility index (Phi) is 3.29. The molecule has 0 atom stereocenters. The van der Waals surface area contributed by atoms with Crippen molar-refractivity contribution in [2.24, 2.45) is 0 Å². The van der Waals surface area contributed by atoms with Crippen molar-refractivity contribution in [3.63, 3.8) is 0 Å². The Balaban J connectivity index is 2.09. The lowest BCUT2D eigenvalue weighted by Crippen LogP contribution is -2.10. The number of phenols is 1. The highest BCUT2D eigenvalue weighted by molar-refractivity contribution is 6.07. The number of pyridine rings is 1. The van der Waals surface area contributed by atoms with Crippen LogP contribution < -0.4 is 4.74 Å². The van der Waals surface area contributed by atoms with Crippen LogP contribution in [0.5, 0.6) is 11.5 Å². The van der Waals surface area contributed by atoms with E-state index in [1.54, 1.807) is 26.3 Å². The molecular weight excluding hydrogens is 282 g/mol. The normalized spacial score (nSPS) is 10.9. The highest BCUT2D eigenvalue weighted by Gasteiger charge is 2.20. The molecule has 0 saturated heterocycles. The number of aromatic hydroxyl groups is 1. The number of rotatable bonds is 3. The number of nitrogens with one attached hydrogen (secondary N) is 1. The second-order valence-electron chi connectivity index (χ2n) is 5.06. The predicted octanol–water partition coefficient (Wildman–Crippen LogP) is 2.52. The Bertz CT molecular complexity index is 884. The number of ether oxygens (including phenoxy) is 1. The molecule has 2 N–H and O–H groups in total. The van der Waals surface area contributed by atoms with E-state index in [1.807, 2.05) is 6.92 Å². The van der Waals surface area contributed by atoms with Crippen LogP contribution in [0.4, 0.5) is 0 Å². The Morgan fingerprint density at radius 2 is 2.09 bits per heavy atom. The van der Waals surface area contributed by atoms with Crippen molar-refractivity contribution in [1.29, 1.82) is 0 Å². The fourth-order valence-corrected chi connectivity index (χ4v) is 2.48. The summed E-state index contributed by atoms with van der Waals surface area (Å²) in [5.74, 6) is 0.627. The molecular formula is C16H15N3O3. The van der Waals surface area contributed by atoms with Crippen LogP contribution in [0.3, 0.4) is 0 Å². The van der Waals surface area contributed by atoms with E-state index >= 15 is 0 Å². The highest BCUT2D eigenvalue weighted by atomic mass is 16.5. The van der Waals surface area contributed by atoms with Gasteiger partial charge in [0, 0.05) is 23.4 Å². The maximum atomic E-state index is 12.6. The first-order chi connectivity index (χ1) is 10.5. The van der Waals surface area contributed by atoms with E-state index in [0.717, 1.165) is 5.56 Å². The summed E-state index contributed by atoms with van der Waals surface area (Å²) in [5.41, 5.74) is 3.05. The van der Waals surface area contributed by atoms with Gasteiger partial charge in [0.25, 0.3) is 0 Å². The number of fused-ring (bicyclic) bond motifs is 1. The number of phenolic OH excluding ortho intramolecular Hbond substituents is 1. The zero-order chi connectivity index (χ0) is 15.9. The van der Waals surface area contributed by atoms with Crippen LogP contribution in [0.25, 0.3) is 11.0 Å². The van der Waals surface area contributed by atoms with Crippen LogP contribution in [0.15, 0.2) is 24.4 Å². The van der Waals surface area contributed by atoms with Crippen molar-refractivity contribution in [1.82, 2.24) is 15.0 Å². The van der Waals surface area contributed by atoms with Crippen LogP contribution in [0, 0.1) is 13.8 Å². The maximum Gasteiger partial charge on any atom is 0.246 e. The third kappa shape index (κ3) is 2.18. The summed E-state index contributed by atoms with van der Waals surface area (Å²) in [5, 5.41) is 9.48. The molecule has 2 heterocycles. The van der Waals surface area contributed by atoms with Gasteiger partial charge in [-0.3, -0.25) is 9.78 Å². The molecule has 0 aliphatic heterocycles. The third-order valence-electron chi connectivity index (χ3n) is 3.54. The molecule has 0 radical (unpaired) electrons. The van der Waals surface area contributed by atoms with Crippen LogP contribution in [-0.2, 0) is 0 Å². The molecule has 112 valence electrons. The van der Waals surface area contributed by atoms with Gasteiger partial charge < -0.3 is 14.8 Å². The average molecular weight is 297 g/mol. The second kappa shape index (κ2) is 5.14. The summed E-state index contributed by atoms with van der Waals surface area (Å²) in [6.07, 6.45) is 1.60. The smallest absolute Gasteiger partial charge is 0.246 e. The van der Waals surface area contributed by atoms with Crippen LogP contribution in [0.2, 0.25) is 0 Å².